The molecule has 2 aromatic carbocycles. The Bertz CT molecular complexity index is 1590. The first-order valence-corrected chi connectivity index (χ1v) is 11.6. The zero-order chi connectivity index (χ0) is 21.7. The van der Waals surface area contributed by atoms with Crippen molar-refractivity contribution in [2.75, 3.05) is 0 Å². The molecule has 0 aliphatic carbocycles. The molecule has 0 amide bonds. The molecule has 32 heavy (non-hydrogen) atoms. The molecule has 7 nitrogen and oxygen atoms in total. The number of nitrogens with zero attached hydrogens (tertiary/aromatic N) is 3. The van der Waals surface area contributed by atoms with Gasteiger partial charge >= 0.3 is 4.87 Å². The number of benzene rings is 2. The molecule has 0 saturated heterocycles. The minimum Gasteiger partial charge on any atom is -0.486 e. The summed E-state index contributed by atoms with van der Waals surface area (Å²) < 4.78 is 13.6. The van der Waals surface area contributed by atoms with Crippen LogP contribution in [0.25, 0.3) is 38.0 Å². The van der Waals surface area contributed by atoms with Crippen molar-refractivity contribution in [3.8, 4) is 27.8 Å². The summed E-state index contributed by atoms with van der Waals surface area (Å²) in [7, 11) is 0. The molecular formula is C22H13ClN4O3S2. The molecule has 4 aromatic heterocycles. The normalized spacial score (nSPS) is 11.5. The van der Waals surface area contributed by atoms with Crippen LogP contribution in [0.15, 0.2) is 69.3 Å². The van der Waals surface area contributed by atoms with Crippen molar-refractivity contribution < 1.29 is 9.15 Å². The second-order valence-corrected chi connectivity index (χ2v) is 9.24. The predicted molar refractivity (Wildman–Crippen MR) is 126 cm³/mol. The molecule has 4 heterocycles. The standard InChI is InChI=1S/C22H13ClN4O3S2/c23-13-6-17(29-10-14-11-31-20(24-14)12-4-2-1-3-5-12)15-8-19(30-18(15)7-13)16-9-27-21(25-16)32-22(28)26-27/h1-9,11H,10H2,(H,26,28). The number of thiazole rings is 1. The van der Waals surface area contributed by atoms with E-state index in [0.29, 0.717) is 39.4 Å². The van der Waals surface area contributed by atoms with Gasteiger partial charge in [-0.25, -0.2) is 19.6 Å². The van der Waals surface area contributed by atoms with Crippen molar-refractivity contribution in [1.82, 2.24) is 19.6 Å². The second kappa shape index (κ2) is 7.63. The van der Waals surface area contributed by atoms with Crippen molar-refractivity contribution in [1.29, 1.82) is 0 Å². The van der Waals surface area contributed by atoms with E-state index >= 15 is 0 Å². The van der Waals surface area contributed by atoms with Crippen LogP contribution in [0.4, 0.5) is 0 Å². The van der Waals surface area contributed by atoms with Crippen LogP contribution in [0.2, 0.25) is 5.02 Å². The highest BCUT2D eigenvalue weighted by Gasteiger charge is 2.16. The first-order chi connectivity index (χ1) is 15.6. The summed E-state index contributed by atoms with van der Waals surface area (Å²) >= 11 is 8.91. The molecule has 0 aliphatic rings. The minimum absolute atomic E-state index is 0.163. The highest BCUT2D eigenvalue weighted by Crippen LogP contribution is 2.36. The number of ether oxygens (including phenoxy) is 1. The maximum absolute atomic E-state index is 11.4. The highest BCUT2D eigenvalue weighted by molar-refractivity contribution is 7.14. The average Bonchev–Trinajstić information content (AvgIpc) is 3.55. The fourth-order valence-corrected chi connectivity index (χ4v) is 5.06. The van der Waals surface area contributed by atoms with E-state index in [1.807, 2.05) is 41.8 Å². The summed E-state index contributed by atoms with van der Waals surface area (Å²) in [4.78, 5) is 21.0. The molecule has 1 N–H and O–H groups in total. The monoisotopic (exact) mass is 480 g/mol. The Balaban J connectivity index is 1.30. The second-order valence-electron chi connectivity index (χ2n) is 7.01. The Labute approximate surface area is 193 Å². The van der Waals surface area contributed by atoms with Gasteiger partial charge in [0.15, 0.2) is 5.76 Å². The summed E-state index contributed by atoms with van der Waals surface area (Å²) in [6.45, 7) is 0.306. The van der Waals surface area contributed by atoms with Crippen LogP contribution < -0.4 is 9.61 Å². The number of H-pyrrole nitrogens is 1. The zero-order valence-electron chi connectivity index (χ0n) is 16.2. The van der Waals surface area contributed by atoms with E-state index in [9.17, 15) is 4.79 Å². The van der Waals surface area contributed by atoms with Crippen molar-refractivity contribution in [2.24, 2.45) is 0 Å². The molecule has 0 unspecified atom stereocenters. The molecule has 0 aliphatic heterocycles. The van der Waals surface area contributed by atoms with Gasteiger partial charge in [0.1, 0.15) is 28.6 Å². The highest BCUT2D eigenvalue weighted by atomic mass is 35.5. The average molecular weight is 481 g/mol. The predicted octanol–water partition coefficient (Wildman–Crippen LogP) is 5.85. The van der Waals surface area contributed by atoms with Gasteiger partial charge in [-0.3, -0.25) is 4.79 Å². The Hall–Kier alpha value is -3.40. The molecule has 6 rings (SSSR count). The lowest BCUT2D eigenvalue weighted by molar-refractivity contribution is 0.306. The smallest absolute Gasteiger partial charge is 0.322 e. The van der Waals surface area contributed by atoms with Crippen molar-refractivity contribution in [3.05, 3.63) is 80.5 Å². The van der Waals surface area contributed by atoms with E-state index in [2.05, 4.69) is 15.1 Å². The van der Waals surface area contributed by atoms with Gasteiger partial charge in [0, 0.05) is 22.0 Å². The molecule has 0 atom stereocenters. The maximum atomic E-state index is 11.4. The molecule has 0 fully saturated rings. The Morgan fingerprint density at radius 1 is 1.16 bits per heavy atom. The largest absolute Gasteiger partial charge is 0.486 e. The Morgan fingerprint density at radius 2 is 2.03 bits per heavy atom. The number of halogens is 1. The third kappa shape index (κ3) is 3.50. The molecule has 158 valence electrons. The third-order valence-electron chi connectivity index (χ3n) is 4.83. The van der Waals surface area contributed by atoms with E-state index in [1.165, 1.54) is 0 Å². The third-order valence-corrected chi connectivity index (χ3v) is 6.74. The number of nitrogens with one attached hydrogen (secondary N) is 1. The van der Waals surface area contributed by atoms with E-state index in [-0.39, 0.29) is 4.87 Å². The number of hydrogen-bond acceptors (Lipinski definition) is 7. The first kappa shape index (κ1) is 19.3. The van der Waals surface area contributed by atoms with Crippen LogP contribution in [-0.2, 0) is 6.61 Å². The molecule has 0 saturated carbocycles. The minimum atomic E-state index is -0.163. The van der Waals surface area contributed by atoms with E-state index in [0.717, 1.165) is 33.0 Å². The van der Waals surface area contributed by atoms with Gasteiger partial charge in [0.25, 0.3) is 0 Å². The van der Waals surface area contributed by atoms with Gasteiger partial charge in [-0.1, -0.05) is 41.9 Å². The summed E-state index contributed by atoms with van der Waals surface area (Å²) in [6, 6.07) is 15.4. The lowest BCUT2D eigenvalue weighted by Gasteiger charge is -2.06. The summed E-state index contributed by atoms with van der Waals surface area (Å²) in [5, 5.41) is 6.91. The van der Waals surface area contributed by atoms with E-state index in [1.54, 1.807) is 34.2 Å². The molecule has 0 bridgehead atoms. The van der Waals surface area contributed by atoms with E-state index < -0.39 is 0 Å². The van der Waals surface area contributed by atoms with Crippen molar-refractivity contribution in [2.45, 2.75) is 6.61 Å². The molecular weight excluding hydrogens is 468 g/mol. The fourth-order valence-electron chi connectivity index (χ4n) is 3.40. The van der Waals surface area contributed by atoms with Crippen LogP contribution in [0.3, 0.4) is 0 Å². The fraction of sp³-hybridized carbons (Fsp3) is 0.0455. The van der Waals surface area contributed by atoms with Crippen molar-refractivity contribution >= 4 is 50.2 Å². The van der Waals surface area contributed by atoms with Gasteiger partial charge in [0.2, 0.25) is 4.96 Å². The SMILES string of the molecule is O=c1[nH]n2cc(-c3cc4c(OCc5csc(-c6ccccc6)n5)cc(Cl)cc4o3)nc2s1. The number of imidazole rings is 1. The van der Waals surface area contributed by atoms with Crippen molar-refractivity contribution in [3.63, 3.8) is 0 Å². The lowest BCUT2D eigenvalue weighted by atomic mass is 10.2. The van der Waals surface area contributed by atoms with Gasteiger partial charge in [-0.2, -0.15) is 0 Å². The van der Waals surface area contributed by atoms with Gasteiger partial charge in [0.05, 0.1) is 17.3 Å². The van der Waals surface area contributed by atoms with E-state index in [4.69, 9.17) is 20.8 Å². The van der Waals surface area contributed by atoms with Crippen LogP contribution in [0.5, 0.6) is 5.75 Å². The first-order valence-electron chi connectivity index (χ1n) is 9.57. The topological polar surface area (TPSA) is 85.4 Å². The molecule has 0 spiro atoms. The number of aromatic nitrogens is 4. The molecule has 0 radical (unpaired) electrons. The lowest BCUT2D eigenvalue weighted by Crippen LogP contribution is -1.96. The number of aromatic amines is 1. The number of fused-ring (bicyclic) bond motifs is 2. The quantitative estimate of drug-likeness (QED) is 0.334. The zero-order valence-corrected chi connectivity index (χ0v) is 18.6. The molecule has 6 aromatic rings. The Kier molecular flexibility index (Phi) is 4.60. The van der Waals surface area contributed by atoms with Crippen LogP contribution >= 0.6 is 34.3 Å². The van der Waals surface area contributed by atoms with Gasteiger partial charge in [-0.15, -0.1) is 11.3 Å². The number of furan rings is 1. The Morgan fingerprint density at radius 3 is 2.88 bits per heavy atom. The number of hydrogen-bond donors (Lipinski definition) is 1. The number of rotatable bonds is 5. The summed E-state index contributed by atoms with van der Waals surface area (Å²) in [5.41, 5.74) is 3.12. The van der Waals surface area contributed by atoms with Crippen LogP contribution in [-0.4, -0.2) is 19.6 Å². The van der Waals surface area contributed by atoms with Crippen LogP contribution in [0.1, 0.15) is 5.69 Å². The maximum Gasteiger partial charge on any atom is 0.322 e. The summed E-state index contributed by atoms with van der Waals surface area (Å²) in [5.74, 6) is 1.16. The summed E-state index contributed by atoms with van der Waals surface area (Å²) in [6.07, 6.45) is 1.72. The van der Waals surface area contributed by atoms with Gasteiger partial charge < -0.3 is 9.15 Å². The van der Waals surface area contributed by atoms with Gasteiger partial charge in [-0.05, 0) is 23.5 Å². The van der Waals surface area contributed by atoms with Crippen LogP contribution in [0, 0.1) is 0 Å². The molecule has 10 heteroatoms.